The van der Waals surface area contributed by atoms with Crippen molar-refractivity contribution in [2.75, 3.05) is 26.2 Å². The fourth-order valence-electron chi connectivity index (χ4n) is 3.77. The minimum atomic E-state index is -0.0134. The summed E-state index contributed by atoms with van der Waals surface area (Å²) in [6.45, 7) is 2.35. The molecule has 1 aliphatic carbocycles. The van der Waals surface area contributed by atoms with E-state index in [4.69, 9.17) is 0 Å². The number of hydrogen-bond donors (Lipinski definition) is 0. The van der Waals surface area contributed by atoms with Crippen LogP contribution in [-0.2, 0) is 9.59 Å². The molecule has 1 aliphatic heterocycles. The lowest BCUT2D eigenvalue weighted by Crippen LogP contribution is -2.51. The van der Waals surface area contributed by atoms with Gasteiger partial charge < -0.3 is 9.80 Å². The highest BCUT2D eigenvalue weighted by Gasteiger charge is 2.35. The van der Waals surface area contributed by atoms with Crippen LogP contribution in [0.3, 0.4) is 0 Å². The van der Waals surface area contributed by atoms with E-state index >= 15 is 0 Å². The van der Waals surface area contributed by atoms with Gasteiger partial charge in [0.1, 0.15) is 0 Å². The van der Waals surface area contributed by atoms with Crippen molar-refractivity contribution < 1.29 is 14.4 Å². The highest BCUT2D eigenvalue weighted by Crippen LogP contribution is 2.31. The molecular formula is C24H26N2O3. The molecule has 5 heteroatoms. The maximum Gasteiger partial charge on any atom is 0.225 e. The average Bonchev–Trinajstić information content (AvgIpc) is 3.63. The molecule has 1 saturated carbocycles. The molecule has 0 aromatic heterocycles. The SMILES string of the molecule is O=C(CCC(=O)N1CCN(C(=O)C2CC2)CC1)c1ccc(-c2ccccc2)cc1. The van der Waals surface area contributed by atoms with Crippen LogP contribution in [0.5, 0.6) is 0 Å². The molecule has 29 heavy (non-hydrogen) atoms. The number of carbonyl (C=O) groups excluding carboxylic acids is 3. The van der Waals surface area contributed by atoms with Gasteiger partial charge in [-0.1, -0.05) is 54.6 Å². The number of nitrogens with zero attached hydrogens (tertiary/aromatic N) is 2. The Hall–Kier alpha value is -2.95. The van der Waals surface area contributed by atoms with Gasteiger partial charge in [-0.2, -0.15) is 0 Å². The zero-order chi connectivity index (χ0) is 20.2. The van der Waals surface area contributed by atoms with Crippen molar-refractivity contribution in [3.05, 3.63) is 60.2 Å². The van der Waals surface area contributed by atoms with E-state index in [1.54, 1.807) is 4.90 Å². The zero-order valence-corrected chi connectivity index (χ0v) is 16.5. The van der Waals surface area contributed by atoms with Gasteiger partial charge in [0.15, 0.2) is 5.78 Å². The molecule has 0 atom stereocenters. The van der Waals surface area contributed by atoms with E-state index in [-0.39, 0.29) is 36.4 Å². The number of benzene rings is 2. The first-order valence-electron chi connectivity index (χ1n) is 10.4. The third kappa shape index (κ3) is 4.73. The summed E-state index contributed by atoms with van der Waals surface area (Å²) >= 11 is 0. The van der Waals surface area contributed by atoms with Gasteiger partial charge in [-0.15, -0.1) is 0 Å². The zero-order valence-electron chi connectivity index (χ0n) is 16.5. The molecule has 1 saturated heterocycles. The summed E-state index contributed by atoms with van der Waals surface area (Å²) < 4.78 is 0. The topological polar surface area (TPSA) is 57.7 Å². The number of Topliss-reactive ketones (excluding diaryl/α,β-unsaturated/α-hetero) is 1. The monoisotopic (exact) mass is 390 g/mol. The second-order valence-corrected chi connectivity index (χ2v) is 7.85. The predicted octanol–water partition coefficient (Wildman–Crippen LogP) is 3.40. The van der Waals surface area contributed by atoms with E-state index in [0.717, 1.165) is 24.0 Å². The highest BCUT2D eigenvalue weighted by molar-refractivity contribution is 5.98. The first kappa shape index (κ1) is 19.4. The summed E-state index contributed by atoms with van der Waals surface area (Å²) in [6, 6.07) is 17.6. The molecule has 0 N–H and O–H groups in total. The predicted molar refractivity (Wildman–Crippen MR) is 111 cm³/mol. The number of carbonyl (C=O) groups is 3. The van der Waals surface area contributed by atoms with Crippen LogP contribution in [-0.4, -0.2) is 53.6 Å². The fraction of sp³-hybridized carbons (Fsp3) is 0.375. The second-order valence-electron chi connectivity index (χ2n) is 7.85. The minimum absolute atomic E-state index is 0.00206. The lowest BCUT2D eigenvalue weighted by molar-refractivity contribution is -0.140. The van der Waals surface area contributed by atoms with Gasteiger partial charge in [-0.25, -0.2) is 0 Å². The van der Waals surface area contributed by atoms with E-state index < -0.39 is 0 Å². The smallest absolute Gasteiger partial charge is 0.225 e. The van der Waals surface area contributed by atoms with Gasteiger partial charge in [0, 0.05) is 50.5 Å². The van der Waals surface area contributed by atoms with Crippen molar-refractivity contribution in [1.82, 2.24) is 9.80 Å². The van der Waals surface area contributed by atoms with E-state index in [0.29, 0.717) is 31.7 Å². The third-order valence-corrected chi connectivity index (χ3v) is 5.75. The lowest BCUT2D eigenvalue weighted by Gasteiger charge is -2.35. The van der Waals surface area contributed by atoms with Crippen molar-refractivity contribution in [3.63, 3.8) is 0 Å². The van der Waals surface area contributed by atoms with Crippen molar-refractivity contribution >= 4 is 17.6 Å². The van der Waals surface area contributed by atoms with Gasteiger partial charge >= 0.3 is 0 Å². The number of rotatable bonds is 6. The van der Waals surface area contributed by atoms with Crippen LogP contribution in [0.1, 0.15) is 36.0 Å². The Kier molecular flexibility index (Phi) is 5.74. The first-order chi connectivity index (χ1) is 14.1. The van der Waals surface area contributed by atoms with Crippen molar-refractivity contribution in [3.8, 4) is 11.1 Å². The van der Waals surface area contributed by atoms with Crippen LogP contribution in [0.15, 0.2) is 54.6 Å². The molecular weight excluding hydrogens is 364 g/mol. The van der Waals surface area contributed by atoms with Crippen LogP contribution < -0.4 is 0 Å². The Morgan fingerprint density at radius 3 is 1.93 bits per heavy atom. The van der Waals surface area contributed by atoms with Gasteiger partial charge in [-0.05, 0) is 24.0 Å². The van der Waals surface area contributed by atoms with Crippen molar-refractivity contribution in [2.45, 2.75) is 25.7 Å². The van der Waals surface area contributed by atoms with Crippen LogP contribution in [0, 0.1) is 5.92 Å². The Bertz CT molecular complexity index is 880. The van der Waals surface area contributed by atoms with Gasteiger partial charge in [0.2, 0.25) is 11.8 Å². The molecule has 2 aliphatic rings. The fourth-order valence-corrected chi connectivity index (χ4v) is 3.77. The number of ketones is 1. The maximum atomic E-state index is 12.5. The van der Waals surface area contributed by atoms with Crippen LogP contribution in [0.2, 0.25) is 0 Å². The van der Waals surface area contributed by atoms with Crippen LogP contribution in [0.4, 0.5) is 0 Å². The lowest BCUT2D eigenvalue weighted by atomic mass is 10.0. The van der Waals surface area contributed by atoms with Crippen LogP contribution >= 0.6 is 0 Å². The molecule has 5 nitrogen and oxygen atoms in total. The quantitative estimate of drug-likeness (QED) is 0.711. The number of hydrogen-bond acceptors (Lipinski definition) is 3. The molecule has 0 spiro atoms. The van der Waals surface area contributed by atoms with E-state index in [2.05, 4.69) is 0 Å². The summed E-state index contributed by atoms with van der Waals surface area (Å²) in [5, 5.41) is 0. The molecule has 2 amide bonds. The van der Waals surface area contributed by atoms with Gasteiger partial charge in [0.05, 0.1) is 0 Å². The largest absolute Gasteiger partial charge is 0.339 e. The van der Waals surface area contributed by atoms with E-state index in [1.807, 2.05) is 59.5 Å². The summed E-state index contributed by atoms with van der Waals surface area (Å²) in [7, 11) is 0. The summed E-state index contributed by atoms with van der Waals surface area (Å²) in [5.74, 6) is 0.452. The Balaban J connectivity index is 1.25. The van der Waals surface area contributed by atoms with Gasteiger partial charge in [0.25, 0.3) is 0 Å². The Labute approximate surface area is 171 Å². The molecule has 4 rings (SSSR count). The average molecular weight is 390 g/mol. The maximum absolute atomic E-state index is 12.5. The number of amides is 2. The second kappa shape index (κ2) is 8.60. The van der Waals surface area contributed by atoms with Crippen molar-refractivity contribution in [2.24, 2.45) is 5.92 Å². The normalized spacial score (nSPS) is 16.6. The Morgan fingerprint density at radius 2 is 1.31 bits per heavy atom. The molecule has 0 radical (unpaired) electrons. The van der Waals surface area contributed by atoms with Gasteiger partial charge in [-0.3, -0.25) is 14.4 Å². The summed E-state index contributed by atoms with van der Waals surface area (Å²) in [6.07, 6.45) is 2.44. The third-order valence-electron chi connectivity index (χ3n) is 5.75. The van der Waals surface area contributed by atoms with Crippen LogP contribution in [0.25, 0.3) is 11.1 Å². The molecule has 1 heterocycles. The standard InChI is InChI=1S/C24H26N2O3/c27-22(20-8-6-19(7-9-20)18-4-2-1-3-5-18)12-13-23(28)25-14-16-26(17-15-25)24(29)21-10-11-21/h1-9,21H,10-17H2. The van der Waals surface area contributed by atoms with E-state index in [9.17, 15) is 14.4 Å². The molecule has 2 fully saturated rings. The molecule has 2 aromatic rings. The Morgan fingerprint density at radius 1 is 0.724 bits per heavy atom. The summed E-state index contributed by atoms with van der Waals surface area (Å²) in [5.41, 5.74) is 2.81. The molecule has 0 unspecified atom stereocenters. The van der Waals surface area contributed by atoms with E-state index in [1.165, 1.54) is 0 Å². The first-order valence-corrected chi connectivity index (χ1v) is 10.4. The molecule has 150 valence electrons. The summed E-state index contributed by atoms with van der Waals surface area (Å²) in [4.78, 5) is 40.7. The molecule has 2 aromatic carbocycles. The highest BCUT2D eigenvalue weighted by atomic mass is 16.2. The number of piperazine rings is 1. The minimum Gasteiger partial charge on any atom is -0.339 e. The molecule has 0 bridgehead atoms. The van der Waals surface area contributed by atoms with Crippen molar-refractivity contribution in [1.29, 1.82) is 0 Å².